The number of halogens is 1. The second-order valence-corrected chi connectivity index (χ2v) is 7.93. The minimum absolute atomic E-state index is 0. The molecule has 0 unspecified atom stereocenters. The number of nitrogens with two attached hydrogens (primary N) is 1. The van der Waals surface area contributed by atoms with Gasteiger partial charge in [0.15, 0.2) is 0 Å². The molecule has 1 aliphatic heterocycles. The molecule has 1 aromatic carbocycles. The highest BCUT2D eigenvalue weighted by molar-refractivity contribution is 5.92. The van der Waals surface area contributed by atoms with Crippen LogP contribution in [0.4, 0.5) is 0 Å². The molecule has 3 aliphatic rings. The standard InChI is InChI=1S/C20H28N2O2.ClH/c1-24-20(16-9-7-15(8-10-16)19(21)23)17-3-2-4-18(20)13-22(12-17)11-14-5-6-14;/h7-10,14,17-18H,2-6,11-13H2,1H3,(H2,21,23);1H/t17-,18+,20-;. The summed E-state index contributed by atoms with van der Waals surface area (Å²) in [5.41, 5.74) is 6.98. The van der Waals surface area contributed by atoms with E-state index < -0.39 is 0 Å². The normalized spacial score (nSPS) is 32.0. The number of hydrogen-bond donors (Lipinski definition) is 1. The first kappa shape index (κ1) is 18.7. The van der Waals surface area contributed by atoms with Gasteiger partial charge in [0.1, 0.15) is 5.60 Å². The van der Waals surface area contributed by atoms with Crippen LogP contribution in [0.5, 0.6) is 0 Å². The molecule has 1 heterocycles. The molecule has 1 saturated heterocycles. The summed E-state index contributed by atoms with van der Waals surface area (Å²) in [4.78, 5) is 14.1. The highest BCUT2D eigenvalue weighted by Gasteiger charge is 2.53. The maximum absolute atomic E-state index is 11.4. The Kier molecular flexibility index (Phi) is 5.42. The molecule has 0 aromatic heterocycles. The summed E-state index contributed by atoms with van der Waals surface area (Å²) in [5.74, 6) is 1.64. The van der Waals surface area contributed by atoms with E-state index in [-0.39, 0.29) is 23.9 Å². The summed E-state index contributed by atoms with van der Waals surface area (Å²) in [6, 6.07) is 7.83. The van der Waals surface area contributed by atoms with Crippen molar-refractivity contribution >= 4 is 18.3 Å². The predicted molar refractivity (Wildman–Crippen MR) is 101 cm³/mol. The summed E-state index contributed by atoms with van der Waals surface area (Å²) >= 11 is 0. The van der Waals surface area contributed by atoms with Crippen molar-refractivity contribution in [2.75, 3.05) is 26.7 Å². The van der Waals surface area contributed by atoms with Crippen LogP contribution in [0.15, 0.2) is 24.3 Å². The molecule has 2 bridgehead atoms. The van der Waals surface area contributed by atoms with Crippen LogP contribution >= 0.6 is 12.4 Å². The number of nitrogens with zero attached hydrogens (tertiary/aromatic N) is 1. The van der Waals surface area contributed by atoms with E-state index in [0.717, 1.165) is 19.0 Å². The van der Waals surface area contributed by atoms with E-state index >= 15 is 0 Å². The van der Waals surface area contributed by atoms with Gasteiger partial charge in [0.05, 0.1) is 0 Å². The SMILES string of the molecule is CO[C@]1(c2ccc(C(N)=O)cc2)[C@@H]2CCC[C@H]1CN(CC1CC1)C2.Cl. The minimum Gasteiger partial charge on any atom is -0.373 e. The molecule has 2 N–H and O–H groups in total. The molecule has 3 fully saturated rings. The van der Waals surface area contributed by atoms with Crippen molar-refractivity contribution in [2.45, 2.75) is 37.7 Å². The molecule has 5 heteroatoms. The number of benzene rings is 1. The van der Waals surface area contributed by atoms with E-state index in [1.165, 1.54) is 44.2 Å². The molecule has 2 aliphatic carbocycles. The summed E-state index contributed by atoms with van der Waals surface area (Å²) in [7, 11) is 1.86. The smallest absolute Gasteiger partial charge is 0.248 e. The van der Waals surface area contributed by atoms with Gasteiger partial charge in [0, 0.05) is 44.1 Å². The summed E-state index contributed by atoms with van der Waals surface area (Å²) in [5, 5.41) is 0. The molecular weight excluding hydrogens is 336 g/mol. The minimum atomic E-state index is -0.368. The van der Waals surface area contributed by atoms with Crippen LogP contribution in [0.3, 0.4) is 0 Å². The second-order valence-electron chi connectivity index (χ2n) is 7.93. The highest BCUT2D eigenvalue weighted by Crippen LogP contribution is 2.51. The van der Waals surface area contributed by atoms with Gasteiger partial charge in [0.25, 0.3) is 0 Å². The number of amides is 1. The van der Waals surface area contributed by atoms with E-state index in [1.54, 1.807) is 0 Å². The van der Waals surface area contributed by atoms with Gasteiger partial charge >= 0.3 is 0 Å². The molecule has 0 spiro atoms. The van der Waals surface area contributed by atoms with Crippen LogP contribution in [0.25, 0.3) is 0 Å². The van der Waals surface area contributed by atoms with Gasteiger partial charge in [-0.2, -0.15) is 0 Å². The molecule has 4 nitrogen and oxygen atoms in total. The predicted octanol–water partition coefficient (Wildman–Crippen LogP) is 3.19. The van der Waals surface area contributed by atoms with Crippen molar-refractivity contribution < 1.29 is 9.53 Å². The Bertz CT molecular complexity index is 601. The number of likely N-dealkylation sites (tertiary alicyclic amines) is 1. The summed E-state index contributed by atoms with van der Waals surface area (Å²) < 4.78 is 6.26. The van der Waals surface area contributed by atoms with Gasteiger partial charge in [-0.3, -0.25) is 4.79 Å². The Morgan fingerprint density at radius 1 is 1.16 bits per heavy atom. The number of fused-ring (bicyclic) bond motifs is 2. The third kappa shape index (κ3) is 3.32. The van der Waals surface area contributed by atoms with Gasteiger partial charge < -0.3 is 15.4 Å². The lowest BCUT2D eigenvalue weighted by molar-refractivity contribution is -0.169. The number of carbonyl (C=O) groups is 1. The molecule has 2 saturated carbocycles. The Hall–Kier alpha value is -1.10. The van der Waals surface area contributed by atoms with Crippen molar-refractivity contribution in [2.24, 2.45) is 23.5 Å². The van der Waals surface area contributed by atoms with E-state index in [2.05, 4.69) is 17.0 Å². The van der Waals surface area contributed by atoms with E-state index in [1.807, 2.05) is 19.2 Å². The number of hydrogen-bond acceptors (Lipinski definition) is 3. The zero-order valence-electron chi connectivity index (χ0n) is 14.9. The van der Waals surface area contributed by atoms with Crippen LogP contribution in [-0.4, -0.2) is 37.6 Å². The van der Waals surface area contributed by atoms with Crippen LogP contribution in [0.1, 0.15) is 48.0 Å². The number of rotatable bonds is 5. The van der Waals surface area contributed by atoms with Crippen LogP contribution in [0, 0.1) is 17.8 Å². The number of ether oxygens (including phenoxy) is 1. The van der Waals surface area contributed by atoms with E-state index in [9.17, 15) is 4.79 Å². The van der Waals surface area contributed by atoms with Crippen molar-refractivity contribution in [3.05, 3.63) is 35.4 Å². The average molecular weight is 365 g/mol. The van der Waals surface area contributed by atoms with Gasteiger partial charge in [-0.1, -0.05) is 18.6 Å². The molecule has 3 atom stereocenters. The van der Waals surface area contributed by atoms with Crippen LogP contribution in [-0.2, 0) is 10.3 Å². The first-order chi connectivity index (χ1) is 11.6. The van der Waals surface area contributed by atoms with Crippen molar-refractivity contribution in [3.63, 3.8) is 0 Å². The van der Waals surface area contributed by atoms with Crippen molar-refractivity contribution in [3.8, 4) is 0 Å². The third-order valence-electron chi connectivity index (χ3n) is 6.45. The van der Waals surface area contributed by atoms with Gasteiger partial charge in [-0.25, -0.2) is 0 Å². The number of carbonyl (C=O) groups excluding carboxylic acids is 1. The third-order valence-corrected chi connectivity index (χ3v) is 6.45. The lowest BCUT2D eigenvalue weighted by Gasteiger charge is -2.55. The van der Waals surface area contributed by atoms with Gasteiger partial charge in [0.2, 0.25) is 5.91 Å². The largest absolute Gasteiger partial charge is 0.373 e. The topological polar surface area (TPSA) is 55.6 Å². The van der Waals surface area contributed by atoms with Crippen molar-refractivity contribution in [1.29, 1.82) is 0 Å². The summed E-state index contributed by atoms with van der Waals surface area (Å²) in [6.45, 7) is 3.55. The van der Waals surface area contributed by atoms with Crippen LogP contribution in [0.2, 0.25) is 0 Å². The average Bonchev–Trinajstić information content (AvgIpc) is 3.38. The maximum atomic E-state index is 11.4. The highest BCUT2D eigenvalue weighted by atomic mass is 35.5. The zero-order valence-corrected chi connectivity index (χ0v) is 15.8. The van der Waals surface area contributed by atoms with Gasteiger partial charge in [-0.15, -0.1) is 12.4 Å². The fraction of sp³-hybridized carbons (Fsp3) is 0.650. The monoisotopic (exact) mass is 364 g/mol. The van der Waals surface area contributed by atoms with Crippen molar-refractivity contribution in [1.82, 2.24) is 4.90 Å². The molecule has 138 valence electrons. The lowest BCUT2D eigenvalue weighted by Crippen LogP contribution is -2.59. The molecule has 25 heavy (non-hydrogen) atoms. The Morgan fingerprint density at radius 2 is 1.76 bits per heavy atom. The first-order valence-electron chi connectivity index (χ1n) is 9.31. The van der Waals surface area contributed by atoms with E-state index in [4.69, 9.17) is 10.5 Å². The zero-order chi connectivity index (χ0) is 16.7. The molecule has 1 aromatic rings. The Labute approximate surface area is 156 Å². The Balaban J connectivity index is 0.00000182. The number of primary amides is 1. The van der Waals surface area contributed by atoms with E-state index in [0.29, 0.717) is 17.4 Å². The molecule has 1 amide bonds. The fourth-order valence-electron chi connectivity index (χ4n) is 5.16. The first-order valence-corrected chi connectivity index (χ1v) is 9.31. The lowest BCUT2D eigenvalue weighted by atomic mass is 9.62. The summed E-state index contributed by atoms with van der Waals surface area (Å²) in [6.07, 6.45) is 6.58. The Morgan fingerprint density at radius 3 is 2.24 bits per heavy atom. The maximum Gasteiger partial charge on any atom is 0.248 e. The molecule has 4 rings (SSSR count). The fourth-order valence-corrected chi connectivity index (χ4v) is 5.16. The van der Waals surface area contributed by atoms with Crippen LogP contribution < -0.4 is 5.73 Å². The van der Waals surface area contributed by atoms with Gasteiger partial charge in [-0.05, 0) is 49.3 Å². The second kappa shape index (κ2) is 7.26. The molecule has 0 radical (unpaired) electrons. The number of methoxy groups -OCH3 is 1. The quantitative estimate of drug-likeness (QED) is 0.872. The molecular formula is C20H29ClN2O2. The number of piperidine rings is 1.